The van der Waals surface area contributed by atoms with Gasteiger partial charge in [0.25, 0.3) is 0 Å². The van der Waals surface area contributed by atoms with E-state index in [2.05, 4.69) is 0 Å². The van der Waals surface area contributed by atoms with Crippen molar-refractivity contribution in [2.24, 2.45) is 0 Å². The van der Waals surface area contributed by atoms with Crippen LogP contribution in [0.5, 0.6) is 0 Å². The first-order valence-corrected chi connectivity index (χ1v) is 5.80. The van der Waals surface area contributed by atoms with E-state index in [-0.39, 0.29) is 11.1 Å². The van der Waals surface area contributed by atoms with Crippen LogP contribution in [0.2, 0.25) is 0 Å². The number of aryl methyl sites for hydroxylation is 2. The first-order valence-electron chi connectivity index (χ1n) is 5.80. The molecule has 2 aromatic rings. The molecule has 1 unspecified atom stereocenters. The van der Waals surface area contributed by atoms with Crippen molar-refractivity contribution in [1.29, 1.82) is 0 Å². The molecule has 0 radical (unpaired) electrons. The highest BCUT2D eigenvalue weighted by atomic mass is 19.2. The van der Waals surface area contributed by atoms with Crippen LogP contribution in [0.1, 0.15) is 28.4 Å². The van der Waals surface area contributed by atoms with Crippen LogP contribution in [0.15, 0.2) is 30.3 Å². The zero-order chi connectivity index (χ0) is 14.2. The third kappa shape index (κ3) is 2.49. The Hall–Kier alpha value is -1.81. The second-order valence-electron chi connectivity index (χ2n) is 4.50. The number of halogens is 3. The molecule has 1 nitrogen and oxygen atoms in total. The molecule has 0 spiro atoms. The smallest absolute Gasteiger partial charge is 0.165 e. The van der Waals surface area contributed by atoms with Gasteiger partial charge in [-0.3, -0.25) is 0 Å². The number of hydrogen-bond donors (Lipinski definition) is 1. The van der Waals surface area contributed by atoms with E-state index in [1.165, 1.54) is 37.3 Å². The van der Waals surface area contributed by atoms with Crippen molar-refractivity contribution in [3.8, 4) is 0 Å². The number of benzene rings is 2. The van der Waals surface area contributed by atoms with Crippen molar-refractivity contribution in [1.82, 2.24) is 0 Å². The third-order valence-electron chi connectivity index (χ3n) is 3.13. The van der Waals surface area contributed by atoms with Crippen molar-refractivity contribution in [3.05, 3.63) is 70.0 Å². The number of hydrogen-bond acceptors (Lipinski definition) is 1. The maximum Gasteiger partial charge on any atom is 0.165 e. The molecule has 0 aliphatic rings. The van der Waals surface area contributed by atoms with Crippen molar-refractivity contribution in [2.75, 3.05) is 0 Å². The minimum Gasteiger partial charge on any atom is -0.384 e. The number of rotatable bonds is 2. The van der Waals surface area contributed by atoms with E-state index >= 15 is 0 Å². The van der Waals surface area contributed by atoms with Gasteiger partial charge in [-0.15, -0.1) is 0 Å². The van der Waals surface area contributed by atoms with Gasteiger partial charge in [0.2, 0.25) is 0 Å². The molecule has 0 saturated carbocycles. The molecule has 0 aliphatic carbocycles. The number of aliphatic hydroxyl groups is 1. The lowest BCUT2D eigenvalue weighted by atomic mass is 9.96. The Labute approximate surface area is 109 Å². The summed E-state index contributed by atoms with van der Waals surface area (Å²) in [7, 11) is 0. The molecular formula is C15H13F3O. The molecule has 0 amide bonds. The molecule has 0 fully saturated rings. The van der Waals surface area contributed by atoms with E-state index in [0.29, 0.717) is 11.1 Å². The predicted octanol–water partition coefficient (Wildman–Crippen LogP) is 3.80. The molecule has 2 rings (SSSR count). The molecule has 0 aliphatic heterocycles. The second kappa shape index (κ2) is 5.05. The Morgan fingerprint density at radius 2 is 1.47 bits per heavy atom. The maximum atomic E-state index is 13.8. The van der Waals surface area contributed by atoms with Crippen LogP contribution in [0.25, 0.3) is 0 Å². The summed E-state index contributed by atoms with van der Waals surface area (Å²) in [6.07, 6.45) is -1.32. The molecule has 1 N–H and O–H groups in total. The largest absolute Gasteiger partial charge is 0.384 e. The van der Waals surface area contributed by atoms with E-state index < -0.39 is 23.6 Å². The van der Waals surface area contributed by atoms with Crippen molar-refractivity contribution >= 4 is 0 Å². The first kappa shape index (κ1) is 13.6. The van der Waals surface area contributed by atoms with E-state index in [9.17, 15) is 18.3 Å². The van der Waals surface area contributed by atoms with Crippen LogP contribution < -0.4 is 0 Å². The molecule has 0 aromatic heterocycles. The standard InChI is InChI=1S/C15H13F3O/c1-8-3-5-12(14(18)13(8)17)15(19)11-6-4-10(16)7-9(11)2/h3-7,15,19H,1-2H3. The van der Waals surface area contributed by atoms with Crippen LogP contribution in [0, 0.1) is 31.3 Å². The van der Waals surface area contributed by atoms with Crippen molar-refractivity contribution in [3.63, 3.8) is 0 Å². The van der Waals surface area contributed by atoms with Gasteiger partial charge in [-0.1, -0.05) is 18.2 Å². The summed E-state index contributed by atoms with van der Waals surface area (Å²) in [5, 5.41) is 10.1. The fourth-order valence-corrected chi connectivity index (χ4v) is 1.99. The monoisotopic (exact) mass is 266 g/mol. The minimum absolute atomic E-state index is 0.155. The van der Waals surface area contributed by atoms with Crippen LogP contribution in [-0.2, 0) is 0 Å². The van der Waals surface area contributed by atoms with Gasteiger partial charge in [-0.05, 0) is 42.7 Å². The molecular weight excluding hydrogens is 253 g/mol. The van der Waals surface area contributed by atoms with Gasteiger partial charge in [0, 0.05) is 5.56 Å². The highest BCUT2D eigenvalue weighted by Gasteiger charge is 2.20. The molecule has 19 heavy (non-hydrogen) atoms. The second-order valence-corrected chi connectivity index (χ2v) is 4.50. The Balaban J connectivity index is 2.50. The van der Waals surface area contributed by atoms with Crippen LogP contribution >= 0.6 is 0 Å². The van der Waals surface area contributed by atoms with Crippen LogP contribution in [-0.4, -0.2) is 5.11 Å². The fraction of sp³-hybridized carbons (Fsp3) is 0.200. The minimum atomic E-state index is -1.32. The van der Waals surface area contributed by atoms with Crippen molar-refractivity contribution in [2.45, 2.75) is 20.0 Å². The summed E-state index contributed by atoms with van der Waals surface area (Å²) in [6.45, 7) is 3.04. The lowest BCUT2D eigenvalue weighted by molar-refractivity contribution is 0.212. The van der Waals surface area contributed by atoms with Crippen LogP contribution in [0.3, 0.4) is 0 Å². The summed E-state index contributed by atoms with van der Waals surface area (Å²) >= 11 is 0. The van der Waals surface area contributed by atoms with E-state index in [4.69, 9.17) is 0 Å². The molecule has 100 valence electrons. The summed E-state index contributed by atoms with van der Waals surface area (Å²) in [5.41, 5.74) is 0.846. The van der Waals surface area contributed by atoms with Gasteiger partial charge < -0.3 is 5.11 Å². The van der Waals surface area contributed by atoms with Gasteiger partial charge in [-0.2, -0.15) is 0 Å². The molecule has 1 atom stereocenters. The third-order valence-corrected chi connectivity index (χ3v) is 3.13. The SMILES string of the molecule is Cc1cc(F)ccc1C(O)c1ccc(C)c(F)c1F. The highest BCUT2D eigenvalue weighted by molar-refractivity contribution is 5.37. The highest BCUT2D eigenvalue weighted by Crippen LogP contribution is 2.29. The Bertz CT molecular complexity index is 623. The Morgan fingerprint density at radius 3 is 2.11 bits per heavy atom. The zero-order valence-electron chi connectivity index (χ0n) is 10.5. The van der Waals surface area contributed by atoms with Gasteiger partial charge in [0.15, 0.2) is 11.6 Å². The topological polar surface area (TPSA) is 20.2 Å². The summed E-state index contributed by atoms with van der Waals surface area (Å²) in [5.74, 6) is -2.49. The molecule has 4 heteroatoms. The van der Waals surface area contributed by atoms with Gasteiger partial charge in [0.05, 0.1) is 0 Å². The first-order chi connectivity index (χ1) is 8.91. The molecule has 0 heterocycles. The molecule has 2 aromatic carbocycles. The number of aliphatic hydroxyl groups excluding tert-OH is 1. The van der Waals surface area contributed by atoms with Gasteiger partial charge >= 0.3 is 0 Å². The fourth-order valence-electron chi connectivity index (χ4n) is 1.99. The van der Waals surface area contributed by atoms with E-state index in [0.717, 1.165) is 0 Å². The lowest BCUT2D eigenvalue weighted by Gasteiger charge is -2.15. The summed E-state index contributed by atoms with van der Waals surface area (Å²) in [6, 6.07) is 6.51. The quantitative estimate of drug-likeness (QED) is 0.876. The zero-order valence-corrected chi connectivity index (χ0v) is 10.5. The van der Waals surface area contributed by atoms with Crippen molar-refractivity contribution < 1.29 is 18.3 Å². The molecule has 0 bridgehead atoms. The van der Waals surface area contributed by atoms with Crippen LogP contribution in [0.4, 0.5) is 13.2 Å². The molecule has 0 saturated heterocycles. The lowest BCUT2D eigenvalue weighted by Crippen LogP contribution is -2.07. The van der Waals surface area contributed by atoms with E-state index in [1.54, 1.807) is 6.92 Å². The average molecular weight is 266 g/mol. The Morgan fingerprint density at radius 1 is 0.842 bits per heavy atom. The normalized spacial score (nSPS) is 12.5. The summed E-state index contributed by atoms with van der Waals surface area (Å²) in [4.78, 5) is 0. The van der Waals surface area contributed by atoms with Gasteiger partial charge in [-0.25, -0.2) is 13.2 Å². The Kier molecular flexibility index (Phi) is 3.62. The maximum absolute atomic E-state index is 13.8. The van der Waals surface area contributed by atoms with E-state index in [1.807, 2.05) is 0 Å². The predicted molar refractivity (Wildman–Crippen MR) is 66.3 cm³/mol. The average Bonchev–Trinajstić information content (AvgIpc) is 2.35. The summed E-state index contributed by atoms with van der Waals surface area (Å²) < 4.78 is 40.3. The van der Waals surface area contributed by atoms with Gasteiger partial charge in [0.1, 0.15) is 11.9 Å².